The van der Waals surface area contributed by atoms with Crippen molar-refractivity contribution >= 4 is 23.6 Å². The summed E-state index contributed by atoms with van der Waals surface area (Å²) in [6, 6.07) is 4.57. The number of cyclic esters (lactones) is 1. The lowest BCUT2D eigenvalue weighted by Crippen LogP contribution is -2.34. The first kappa shape index (κ1) is 17.7. The number of carbonyl (C=O) groups is 2. The first-order valence-electron chi connectivity index (χ1n) is 7.69. The number of carbonyl (C=O) groups excluding carboxylic acids is 2. The Bertz CT molecular complexity index is 627. The van der Waals surface area contributed by atoms with Gasteiger partial charge in [0.05, 0.1) is 17.9 Å². The molecule has 0 aromatic heterocycles. The van der Waals surface area contributed by atoms with E-state index in [1.54, 1.807) is 26.8 Å². The lowest BCUT2D eigenvalue weighted by atomic mass is 10.2. The van der Waals surface area contributed by atoms with Gasteiger partial charge in [0.25, 0.3) is 0 Å². The summed E-state index contributed by atoms with van der Waals surface area (Å²) in [4.78, 5) is 24.9. The van der Waals surface area contributed by atoms with E-state index in [1.165, 1.54) is 17.0 Å². The molecule has 1 heterocycles. The van der Waals surface area contributed by atoms with E-state index >= 15 is 0 Å². The average molecular weight is 337 g/mol. The first-order valence-corrected chi connectivity index (χ1v) is 7.69. The Balaban J connectivity index is 1.84. The second kappa shape index (κ2) is 6.86. The van der Waals surface area contributed by atoms with Gasteiger partial charge in [-0.25, -0.2) is 9.59 Å². The zero-order valence-electron chi connectivity index (χ0n) is 14.0. The molecule has 1 saturated heterocycles. The minimum Gasteiger partial charge on any atom is -0.506 e. The van der Waals surface area contributed by atoms with E-state index in [9.17, 15) is 14.7 Å². The predicted octanol–water partition coefficient (Wildman–Crippen LogP) is 2.21. The number of nitrogens with one attached hydrogen (secondary N) is 1. The van der Waals surface area contributed by atoms with Crippen LogP contribution >= 0.6 is 0 Å². The standard InChI is InChI=1S/C16H23N3O5/c1-16(2,3)24-14(21)18-7-6-11-9-19(15(22)23-11)10-4-5-12(17)13(20)8-10/h4-5,8,11,20H,6-7,9,17H2,1-3H3,(H,18,21)/t11-/m0/s1. The summed E-state index contributed by atoms with van der Waals surface area (Å²) in [5.74, 6) is -0.0876. The molecule has 1 fully saturated rings. The van der Waals surface area contributed by atoms with Crippen molar-refractivity contribution in [3.63, 3.8) is 0 Å². The monoisotopic (exact) mass is 337 g/mol. The third-order valence-electron chi connectivity index (χ3n) is 3.33. The zero-order valence-corrected chi connectivity index (χ0v) is 14.0. The summed E-state index contributed by atoms with van der Waals surface area (Å²) in [7, 11) is 0. The number of nitrogen functional groups attached to an aromatic ring is 1. The summed E-state index contributed by atoms with van der Waals surface area (Å²) in [5.41, 5.74) is 5.74. The van der Waals surface area contributed by atoms with Gasteiger partial charge in [-0.2, -0.15) is 0 Å². The smallest absolute Gasteiger partial charge is 0.414 e. The van der Waals surface area contributed by atoms with Crippen LogP contribution in [-0.2, 0) is 9.47 Å². The molecule has 8 heteroatoms. The van der Waals surface area contributed by atoms with Crippen molar-refractivity contribution in [1.82, 2.24) is 5.32 Å². The van der Waals surface area contributed by atoms with Crippen molar-refractivity contribution in [2.75, 3.05) is 23.7 Å². The number of phenols is 1. The van der Waals surface area contributed by atoms with Gasteiger partial charge in [0, 0.05) is 19.0 Å². The lowest BCUT2D eigenvalue weighted by molar-refractivity contribution is 0.0520. The Morgan fingerprint density at radius 1 is 1.50 bits per heavy atom. The molecule has 0 radical (unpaired) electrons. The molecule has 1 aliphatic heterocycles. The number of nitrogens with two attached hydrogens (primary N) is 1. The number of ether oxygens (including phenoxy) is 2. The molecule has 0 saturated carbocycles. The highest BCUT2D eigenvalue weighted by Crippen LogP contribution is 2.29. The third kappa shape index (κ3) is 4.68. The average Bonchev–Trinajstić information content (AvgIpc) is 2.81. The minimum absolute atomic E-state index is 0.0876. The molecule has 8 nitrogen and oxygen atoms in total. The first-order chi connectivity index (χ1) is 11.2. The SMILES string of the molecule is CC(C)(C)OC(=O)NCC[C@H]1CN(c2ccc(N)c(O)c2)C(=O)O1. The molecule has 0 bridgehead atoms. The minimum atomic E-state index is -0.558. The van der Waals surface area contributed by atoms with Crippen molar-refractivity contribution < 1.29 is 24.2 Å². The van der Waals surface area contributed by atoms with Gasteiger partial charge in [0.15, 0.2) is 0 Å². The molecule has 24 heavy (non-hydrogen) atoms. The van der Waals surface area contributed by atoms with Crippen LogP contribution in [0.4, 0.5) is 21.0 Å². The zero-order chi connectivity index (χ0) is 17.9. The van der Waals surface area contributed by atoms with Crippen molar-refractivity contribution in [1.29, 1.82) is 0 Å². The van der Waals surface area contributed by atoms with E-state index in [0.717, 1.165) is 0 Å². The molecule has 0 unspecified atom stereocenters. The van der Waals surface area contributed by atoms with Crippen molar-refractivity contribution in [3.8, 4) is 5.75 Å². The molecule has 2 rings (SSSR count). The number of benzene rings is 1. The molecule has 4 N–H and O–H groups in total. The van der Waals surface area contributed by atoms with E-state index in [2.05, 4.69) is 5.32 Å². The number of aromatic hydroxyl groups is 1. The summed E-state index contributed by atoms with van der Waals surface area (Å²) < 4.78 is 10.4. The fourth-order valence-electron chi connectivity index (χ4n) is 2.23. The number of alkyl carbamates (subject to hydrolysis) is 1. The van der Waals surface area contributed by atoms with Crippen LogP contribution in [0.25, 0.3) is 0 Å². The quantitative estimate of drug-likeness (QED) is 0.573. The van der Waals surface area contributed by atoms with Gasteiger partial charge in [-0.15, -0.1) is 0 Å². The normalized spacial score (nSPS) is 17.5. The molecule has 0 aliphatic carbocycles. The second-order valence-electron chi connectivity index (χ2n) is 6.58. The Kier molecular flexibility index (Phi) is 5.06. The molecule has 1 aliphatic rings. The van der Waals surface area contributed by atoms with Gasteiger partial charge in [0.1, 0.15) is 17.5 Å². The fraction of sp³-hybridized carbons (Fsp3) is 0.500. The summed E-state index contributed by atoms with van der Waals surface area (Å²) >= 11 is 0. The largest absolute Gasteiger partial charge is 0.506 e. The van der Waals surface area contributed by atoms with E-state index in [-0.39, 0.29) is 17.5 Å². The van der Waals surface area contributed by atoms with Crippen LogP contribution < -0.4 is 16.0 Å². The highest BCUT2D eigenvalue weighted by atomic mass is 16.6. The molecular weight excluding hydrogens is 314 g/mol. The van der Waals surface area contributed by atoms with Gasteiger partial charge in [-0.3, -0.25) is 4.90 Å². The predicted molar refractivity (Wildman–Crippen MR) is 89.0 cm³/mol. The molecular formula is C16H23N3O5. The molecule has 2 amide bonds. The summed E-state index contributed by atoms with van der Waals surface area (Å²) in [5, 5.41) is 12.3. The van der Waals surface area contributed by atoms with E-state index in [0.29, 0.717) is 25.2 Å². The molecule has 1 atom stereocenters. The molecule has 0 spiro atoms. The highest BCUT2D eigenvalue weighted by Gasteiger charge is 2.32. The van der Waals surface area contributed by atoms with Crippen LogP contribution in [0.5, 0.6) is 5.75 Å². The number of rotatable bonds is 4. The number of hydrogen-bond acceptors (Lipinski definition) is 6. The maximum atomic E-state index is 11.9. The van der Waals surface area contributed by atoms with Gasteiger partial charge in [-0.05, 0) is 32.9 Å². The second-order valence-corrected chi connectivity index (χ2v) is 6.58. The number of amides is 2. The van der Waals surface area contributed by atoms with E-state index in [4.69, 9.17) is 15.2 Å². The Hall–Kier alpha value is -2.64. The summed E-state index contributed by atoms with van der Waals surface area (Å²) in [6.07, 6.45) is -0.900. The maximum absolute atomic E-state index is 11.9. The van der Waals surface area contributed by atoms with Crippen LogP contribution in [0.1, 0.15) is 27.2 Å². The van der Waals surface area contributed by atoms with Gasteiger partial charge in [0.2, 0.25) is 0 Å². The molecule has 1 aromatic rings. The van der Waals surface area contributed by atoms with Gasteiger partial charge < -0.3 is 25.6 Å². The fourth-order valence-corrected chi connectivity index (χ4v) is 2.23. The topological polar surface area (TPSA) is 114 Å². The maximum Gasteiger partial charge on any atom is 0.414 e. The van der Waals surface area contributed by atoms with Crippen LogP contribution in [0, 0.1) is 0 Å². The Morgan fingerprint density at radius 3 is 2.83 bits per heavy atom. The number of phenolic OH excluding ortho intramolecular Hbond substituents is 1. The van der Waals surface area contributed by atoms with Gasteiger partial charge >= 0.3 is 12.2 Å². The van der Waals surface area contributed by atoms with Crippen LogP contribution in [0.2, 0.25) is 0 Å². The number of hydrogen-bond donors (Lipinski definition) is 3. The molecule has 1 aromatic carbocycles. The highest BCUT2D eigenvalue weighted by molar-refractivity contribution is 5.90. The lowest BCUT2D eigenvalue weighted by Gasteiger charge is -2.20. The third-order valence-corrected chi connectivity index (χ3v) is 3.33. The molecule has 132 valence electrons. The van der Waals surface area contributed by atoms with Crippen molar-refractivity contribution in [2.45, 2.75) is 38.9 Å². The van der Waals surface area contributed by atoms with E-state index < -0.39 is 17.8 Å². The summed E-state index contributed by atoms with van der Waals surface area (Å²) in [6.45, 7) is 6.01. The van der Waals surface area contributed by atoms with Crippen LogP contribution in [0.15, 0.2) is 18.2 Å². The van der Waals surface area contributed by atoms with Crippen molar-refractivity contribution in [3.05, 3.63) is 18.2 Å². The van der Waals surface area contributed by atoms with Crippen LogP contribution in [-0.4, -0.2) is 42.1 Å². The Labute approximate surface area is 140 Å². The number of nitrogens with zero attached hydrogens (tertiary/aromatic N) is 1. The van der Waals surface area contributed by atoms with Crippen LogP contribution in [0.3, 0.4) is 0 Å². The Morgan fingerprint density at radius 2 is 2.21 bits per heavy atom. The number of anilines is 2. The van der Waals surface area contributed by atoms with E-state index in [1.807, 2.05) is 0 Å². The van der Waals surface area contributed by atoms with Crippen molar-refractivity contribution in [2.24, 2.45) is 0 Å². The van der Waals surface area contributed by atoms with Gasteiger partial charge in [-0.1, -0.05) is 0 Å².